The van der Waals surface area contributed by atoms with E-state index in [4.69, 9.17) is 15.2 Å². The van der Waals surface area contributed by atoms with Crippen molar-refractivity contribution in [3.05, 3.63) is 30.3 Å². The van der Waals surface area contributed by atoms with Crippen LogP contribution >= 0.6 is 0 Å². The van der Waals surface area contributed by atoms with Gasteiger partial charge in [0, 0.05) is 0 Å². The minimum absolute atomic E-state index is 0.124. The third-order valence-corrected chi connectivity index (χ3v) is 2.31. The highest BCUT2D eigenvalue weighted by Crippen LogP contribution is 2.35. The third-order valence-electron chi connectivity index (χ3n) is 2.31. The predicted molar refractivity (Wildman–Crippen MR) is 65.0 cm³/mol. The smallest absolute Gasteiger partial charge is 0.229 e. The average Bonchev–Trinajstić information content (AvgIpc) is 2.38. The molecule has 0 aliphatic carbocycles. The lowest BCUT2D eigenvalue weighted by Crippen LogP contribution is -2.03. The molecule has 0 saturated heterocycles. The highest BCUT2D eigenvalue weighted by Gasteiger charge is 2.16. The van der Waals surface area contributed by atoms with Crippen LogP contribution in [0.4, 0.5) is 5.95 Å². The summed E-state index contributed by atoms with van der Waals surface area (Å²) < 4.78 is 10.4. The molecule has 1 aromatic heterocycles. The number of hydrogen-bond acceptors (Lipinski definition) is 5. The second-order valence-electron chi connectivity index (χ2n) is 3.34. The van der Waals surface area contributed by atoms with E-state index in [2.05, 4.69) is 9.97 Å². The molecule has 2 N–H and O–H groups in total. The van der Waals surface area contributed by atoms with Crippen molar-refractivity contribution in [3.63, 3.8) is 0 Å². The van der Waals surface area contributed by atoms with Gasteiger partial charge in [-0.05, 0) is 5.56 Å². The first-order valence-electron chi connectivity index (χ1n) is 5.07. The van der Waals surface area contributed by atoms with Gasteiger partial charge in [-0.2, -0.15) is 9.97 Å². The van der Waals surface area contributed by atoms with Gasteiger partial charge in [0.1, 0.15) is 5.56 Å². The summed E-state index contributed by atoms with van der Waals surface area (Å²) in [6.07, 6.45) is 0. The van der Waals surface area contributed by atoms with E-state index >= 15 is 0 Å². The summed E-state index contributed by atoms with van der Waals surface area (Å²) in [4.78, 5) is 8.08. The van der Waals surface area contributed by atoms with E-state index in [0.717, 1.165) is 5.56 Å². The standard InChI is InChI=1S/C12H13N3O2/c1-16-10-9(8-6-4-3-5-7-8)11(17-2)15-12(13)14-10/h3-7H,1-2H3,(H2,13,14,15). The van der Waals surface area contributed by atoms with Gasteiger partial charge in [-0.25, -0.2) is 0 Å². The molecule has 5 heteroatoms. The highest BCUT2D eigenvalue weighted by molar-refractivity contribution is 5.74. The van der Waals surface area contributed by atoms with Crippen molar-refractivity contribution in [1.29, 1.82) is 0 Å². The Morgan fingerprint density at radius 3 is 1.94 bits per heavy atom. The Morgan fingerprint density at radius 2 is 1.47 bits per heavy atom. The Labute approximate surface area is 99.2 Å². The Kier molecular flexibility index (Phi) is 3.09. The number of aromatic nitrogens is 2. The molecule has 0 radical (unpaired) electrons. The van der Waals surface area contributed by atoms with Crippen molar-refractivity contribution in [2.45, 2.75) is 0 Å². The van der Waals surface area contributed by atoms with Gasteiger partial charge in [-0.1, -0.05) is 30.3 Å². The van der Waals surface area contributed by atoms with Gasteiger partial charge in [0.2, 0.25) is 17.7 Å². The van der Waals surface area contributed by atoms with Crippen molar-refractivity contribution in [2.24, 2.45) is 0 Å². The van der Waals surface area contributed by atoms with Gasteiger partial charge in [0.15, 0.2) is 0 Å². The molecule has 0 bridgehead atoms. The summed E-state index contributed by atoms with van der Waals surface area (Å²) in [5.74, 6) is 0.930. The van der Waals surface area contributed by atoms with Crippen LogP contribution < -0.4 is 15.2 Å². The molecule has 1 aromatic carbocycles. The van der Waals surface area contributed by atoms with Gasteiger partial charge < -0.3 is 15.2 Å². The van der Waals surface area contributed by atoms with E-state index < -0.39 is 0 Å². The van der Waals surface area contributed by atoms with Crippen LogP contribution in [0.25, 0.3) is 11.1 Å². The molecule has 1 heterocycles. The lowest BCUT2D eigenvalue weighted by Gasteiger charge is -2.11. The number of benzene rings is 1. The average molecular weight is 231 g/mol. The monoisotopic (exact) mass is 231 g/mol. The Morgan fingerprint density at radius 1 is 0.941 bits per heavy atom. The molecule has 0 atom stereocenters. The van der Waals surface area contributed by atoms with Crippen molar-refractivity contribution in [3.8, 4) is 22.9 Å². The van der Waals surface area contributed by atoms with E-state index in [9.17, 15) is 0 Å². The maximum absolute atomic E-state index is 5.58. The Balaban J connectivity index is 2.66. The van der Waals surface area contributed by atoms with Crippen molar-refractivity contribution in [1.82, 2.24) is 9.97 Å². The van der Waals surface area contributed by atoms with Gasteiger partial charge in [0.05, 0.1) is 14.2 Å². The first-order valence-corrected chi connectivity index (χ1v) is 5.07. The topological polar surface area (TPSA) is 70.3 Å². The SMILES string of the molecule is COc1nc(N)nc(OC)c1-c1ccccc1. The molecular formula is C12H13N3O2. The summed E-state index contributed by atoms with van der Waals surface area (Å²) >= 11 is 0. The number of nitrogens with zero attached hydrogens (tertiary/aromatic N) is 2. The Hall–Kier alpha value is -2.30. The minimum Gasteiger partial charge on any atom is -0.480 e. The predicted octanol–water partition coefficient (Wildman–Crippen LogP) is 1.74. The molecule has 2 rings (SSSR count). The van der Waals surface area contributed by atoms with Crippen LogP contribution in [0.3, 0.4) is 0 Å². The highest BCUT2D eigenvalue weighted by atomic mass is 16.5. The van der Waals surface area contributed by atoms with Crippen LogP contribution in [0.5, 0.6) is 11.8 Å². The Bertz CT molecular complexity index is 489. The molecule has 17 heavy (non-hydrogen) atoms. The summed E-state index contributed by atoms with van der Waals surface area (Å²) in [5.41, 5.74) is 7.19. The first-order chi connectivity index (χ1) is 8.26. The van der Waals surface area contributed by atoms with E-state index in [0.29, 0.717) is 17.3 Å². The zero-order valence-corrected chi connectivity index (χ0v) is 9.68. The molecule has 0 spiro atoms. The number of methoxy groups -OCH3 is 2. The lowest BCUT2D eigenvalue weighted by atomic mass is 10.1. The zero-order valence-electron chi connectivity index (χ0n) is 9.68. The fourth-order valence-corrected chi connectivity index (χ4v) is 1.58. The zero-order chi connectivity index (χ0) is 12.3. The number of hydrogen-bond donors (Lipinski definition) is 1. The number of nitrogens with two attached hydrogens (primary N) is 1. The normalized spacial score (nSPS) is 10.0. The van der Waals surface area contributed by atoms with Crippen LogP contribution in [0.1, 0.15) is 0 Å². The molecule has 88 valence electrons. The van der Waals surface area contributed by atoms with E-state index in [-0.39, 0.29) is 5.95 Å². The number of rotatable bonds is 3. The van der Waals surface area contributed by atoms with E-state index in [1.165, 1.54) is 14.2 Å². The number of anilines is 1. The minimum atomic E-state index is 0.124. The summed E-state index contributed by atoms with van der Waals surface area (Å²) in [7, 11) is 3.07. The molecule has 0 unspecified atom stereocenters. The fourth-order valence-electron chi connectivity index (χ4n) is 1.58. The van der Waals surface area contributed by atoms with Gasteiger partial charge in [-0.3, -0.25) is 0 Å². The van der Waals surface area contributed by atoms with Crippen molar-refractivity contribution in [2.75, 3.05) is 20.0 Å². The maximum atomic E-state index is 5.58. The van der Waals surface area contributed by atoms with Crippen LogP contribution in [0.2, 0.25) is 0 Å². The van der Waals surface area contributed by atoms with Gasteiger partial charge >= 0.3 is 0 Å². The maximum Gasteiger partial charge on any atom is 0.229 e. The second-order valence-corrected chi connectivity index (χ2v) is 3.34. The quantitative estimate of drug-likeness (QED) is 0.871. The van der Waals surface area contributed by atoms with E-state index in [1.54, 1.807) is 0 Å². The fraction of sp³-hybridized carbons (Fsp3) is 0.167. The summed E-state index contributed by atoms with van der Waals surface area (Å²) in [6.45, 7) is 0. The summed E-state index contributed by atoms with van der Waals surface area (Å²) in [6, 6.07) is 9.63. The second kappa shape index (κ2) is 4.69. The molecule has 0 saturated carbocycles. The molecule has 0 amide bonds. The van der Waals surface area contributed by atoms with Crippen molar-refractivity contribution < 1.29 is 9.47 Å². The van der Waals surface area contributed by atoms with Gasteiger partial charge in [-0.15, -0.1) is 0 Å². The molecular weight excluding hydrogens is 218 g/mol. The van der Waals surface area contributed by atoms with E-state index in [1.807, 2.05) is 30.3 Å². The molecule has 2 aromatic rings. The van der Waals surface area contributed by atoms with Crippen LogP contribution in [0, 0.1) is 0 Å². The summed E-state index contributed by atoms with van der Waals surface area (Å²) in [5, 5.41) is 0. The van der Waals surface area contributed by atoms with Crippen LogP contribution in [-0.4, -0.2) is 24.2 Å². The number of nitrogen functional groups attached to an aromatic ring is 1. The lowest BCUT2D eigenvalue weighted by molar-refractivity contribution is 0.376. The molecule has 0 aliphatic heterocycles. The first kappa shape index (κ1) is 11.2. The van der Waals surface area contributed by atoms with Crippen LogP contribution in [0.15, 0.2) is 30.3 Å². The van der Waals surface area contributed by atoms with Crippen LogP contribution in [-0.2, 0) is 0 Å². The third kappa shape index (κ3) is 2.13. The largest absolute Gasteiger partial charge is 0.480 e. The molecule has 5 nitrogen and oxygen atoms in total. The van der Waals surface area contributed by atoms with Gasteiger partial charge in [0.25, 0.3) is 0 Å². The molecule has 0 aliphatic rings. The van der Waals surface area contributed by atoms with Crippen molar-refractivity contribution >= 4 is 5.95 Å². The molecule has 0 fully saturated rings. The number of ether oxygens (including phenoxy) is 2.